The quantitative estimate of drug-likeness (QED) is 0.901. The Balaban J connectivity index is 0. The fraction of sp³-hybridized carbons (Fsp3) is 0.750. The highest BCUT2D eigenvalue weighted by Crippen LogP contribution is 2.46. The van der Waals surface area contributed by atoms with Crippen LogP contribution in [0, 0.1) is 24.7 Å². The Labute approximate surface area is 120 Å². The molecular weight excluding hydrogens is 234 g/mol. The minimum Gasteiger partial charge on any atom is -0.323 e. The summed E-state index contributed by atoms with van der Waals surface area (Å²) in [7, 11) is 3.75. The predicted octanol–water partition coefficient (Wildman–Crippen LogP) is 3.95. The zero-order chi connectivity index (χ0) is 14.7. The zero-order valence-corrected chi connectivity index (χ0v) is 13.5. The van der Waals surface area contributed by atoms with Gasteiger partial charge in [0.1, 0.15) is 6.33 Å². The Bertz CT molecular complexity index is 304. The fourth-order valence-electron chi connectivity index (χ4n) is 2.16. The number of nitrogens with one attached hydrogen (secondary N) is 1. The summed E-state index contributed by atoms with van der Waals surface area (Å²) in [6.45, 7) is 8.94. The number of aromatic nitrogens is 2. The minimum atomic E-state index is 0. The standard InChI is InChI=1S/C9H18.C5H6N2.C2H7N.H2/c1-4-5-8-6-9(8)7(2)3;1-5-2-6-4-7-3-5;1-3-2;/h7-9H,4-6H2,1-3H3;2-4H,1H3;3H,1-2H3;1H/t8-,9-;;;/m1.../s1. The normalized spacial score (nSPS) is 19.9. The maximum absolute atomic E-state index is 3.77. The molecule has 0 amide bonds. The van der Waals surface area contributed by atoms with Crippen molar-refractivity contribution in [2.75, 3.05) is 14.1 Å². The molecule has 19 heavy (non-hydrogen) atoms. The monoisotopic (exact) mass is 267 g/mol. The zero-order valence-electron chi connectivity index (χ0n) is 13.5. The molecule has 1 saturated carbocycles. The molecule has 2 atom stereocenters. The van der Waals surface area contributed by atoms with E-state index in [-0.39, 0.29) is 1.43 Å². The molecule has 0 unspecified atom stereocenters. The van der Waals surface area contributed by atoms with E-state index in [9.17, 15) is 0 Å². The van der Waals surface area contributed by atoms with E-state index in [0.717, 1.165) is 23.3 Å². The average molecular weight is 267 g/mol. The van der Waals surface area contributed by atoms with Crippen LogP contribution in [0.25, 0.3) is 0 Å². The Kier molecular flexibility index (Phi) is 10.4. The van der Waals surface area contributed by atoms with Crippen LogP contribution in [-0.2, 0) is 0 Å². The molecule has 112 valence electrons. The molecule has 0 radical (unpaired) electrons. The molecule has 0 bridgehead atoms. The Hall–Kier alpha value is -0.960. The average Bonchev–Trinajstić information content (AvgIpc) is 3.12. The van der Waals surface area contributed by atoms with Crippen LogP contribution in [0.3, 0.4) is 0 Å². The second kappa shape index (κ2) is 10.9. The van der Waals surface area contributed by atoms with Gasteiger partial charge in [-0.25, -0.2) is 9.97 Å². The van der Waals surface area contributed by atoms with Gasteiger partial charge in [0, 0.05) is 13.8 Å². The van der Waals surface area contributed by atoms with Gasteiger partial charge in [0.05, 0.1) is 0 Å². The van der Waals surface area contributed by atoms with Crippen LogP contribution >= 0.6 is 0 Å². The molecule has 1 aliphatic rings. The smallest absolute Gasteiger partial charge is 0.115 e. The molecule has 1 aromatic rings. The third-order valence-electron chi connectivity index (χ3n) is 3.18. The van der Waals surface area contributed by atoms with E-state index in [0.29, 0.717) is 0 Å². The lowest BCUT2D eigenvalue weighted by atomic mass is 10.1. The summed E-state index contributed by atoms with van der Waals surface area (Å²) >= 11 is 0. The van der Waals surface area contributed by atoms with E-state index in [1.165, 1.54) is 25.6 Å². The van der Waals surface area contributed by atoms with E-state index in [2.05, 4.69) is 36.1 Å². The Morgan fingerprint density at radius 2 is 1.84 bits per heavy atom. The molecule has 2 rings (SSSR count). The maximum atomic E-state index is 3.77. The van der Waals surface area contributed by atoms with Crippen molar-refractivity contribution in [2.45, 2.75) is 47.0 Å². The molecule has 0 spiro atoms. The molecule has 0 aliphatic heterocycles. The molecule has 1 heterocycles. The van der Waals surface area contributed by atoms with Gasteiger partial charge in [0.15, 0.2) is 0 Å². The van der Waals surface area contributed by atoms with Gasteiger partial charge in [-0.3, -0.25) is 0 Å². The van der Waals surface area contributed by atoms with Gasteiger partial charge >= 0.3 is 0 Å². The summed E-state index contributed by atoms with van der Waals surface area (Å²) in [5, 5.41) is 2.75. The number of nitrogens with zero attached hydrogens (tertiary/aromatic N) is 2. The summed E-state index contributed by atoms with van der Waals surface area (Å²) in [5.74, 6) is 3.14. The molecule has 1 aliphatic carbocycles. The molecular formula is C16H33N3. The summed E-state index contributed by atoms with van der Waals surface area (Å²) in [4.78, 5) is 7.55. The van der Waals surface area contributed by atoms with E-state index in [4.69, 9.17) is 0 Å². The van der Waals surface area contributed by atoms with E-state index in [1.807, 2.05) is 21.0 Å². The van der Waals surface area contributed by atoms with Gasteiger partial charge < -0.3 is 5.32 Å². The second-order valence-electron chi connectivity index (χ2n) is 5.61. The summed E-state index contributed by atoms with van der Waals surface area (Å²) < 4.78 is 0. The Morgan fingerprint density at radius 1 is 1.32 bits per heavy atom. The third kappa shape index (κ3) is 9.60. The highest BCUT2D eigenvalue weighted by Gasteiger charge is 2.37. The van der Waals surface area contributed by atoms with Gasteiger partial charge in [-0.15, -0.1) is 0 Å². The van der Waals surface area contributed by atoms with Gasteiger partial charge in [0.2, 0.25) is 0 Å². The summed E-state index contributed by atoms with van der Waals surface area (Å²) in [5.41, 5.74) is 1.10. The molecule has 3 nitrogen and oxygen atoms in total. The largest absolute Gasteiger partial charge is 0.323 e. The highest BCUT2D eigenvalue weighted by molar-refractivity contribution is 4.96. The summed E-state index contributed by atoms with van der Waals surface area (Å²) in [6.07, 6.45) is 9.44. The highest BCUT2D eigenvalue weighted by atomic mass is 14.8. The maximum Gasteiger partial charge on any atom is 0.115 e. The molecule has 0 saturated heterocycles. The van der Waals surface area contributed by atoms with Crippen molar-refractivity contribution in [3.8, 4) is 0 Å². The molecule has 1 N–H and O–H groups in total. The van der Waals surface area contributed by atoms with Crippen molar-refractivity contribution in [3.05, 3.63) is 24.3 Å². The number of hydrogen-bond donors (Lipinski definition) is 1. The van der Waals surface area contributed by atoms with Crippen LogP contribution in [0.2, 0.25) is 0 Å². The first kappa shape index (κ1) is 18.0. The van der Waals surface area contributed by atoms with Gasteiger partial charge in [-0.2, -0.15) is 0 Å². The van der Waals surface area contributed by atoms with Crippen molar-refractivity contribution in [1.29, 1.82) is 0 Å². The topological polar surface area (TPSA) is 37.8 Å². The third-order valence-corrected chi connectivity index (χ3v) is 3.18. The molecule has 1 aromatic heterocycles. The van der Waals surface area contributed by atoms with Crippen LogP contribution in [0.4, 0.5) is 0 Å². The molecule has 0 aromatic carbocycles. The van der Waals surface area contributed by atoms with Gasteiger partial charge in [-0.1, -0.05) is 33.6 Å². The lowest BCUT2D eigenvalue weighted by molar-refractivity contribution is 0.501. The predicted molar refractivity (Wildman–Crippen MR) is 85.2 cm³/mol. The first-order valence-corrected chi connectivity index (χ1v) is 7.36. The van der Waals surface area contributed by atoms with Crippen molar-refractivity contribution >= 4 is 0 Å². The first-order chi connectivity index (χ1) is 9.06. The second-order valence-corrected chi connectivity index (χ2v) is 5.61. The van der Waals surface area contributed by atoms with Crippen LogP contribution in [0.15, 0.2) is 18.7 Å². The summed E-state index contributed by atoms with van der Waals surface area (Å²) in [6, 6.07) is 0. The van der Waals surface area contributed by atoms with Gasteiger partial charge in [0.25, 0.3) is 0 Å². The minimum absolute atomic E-state index is 0. The van der Waals surface area contributed by atoms with Gasteiger partial charge in [-0.05, 0) is 50.8 Å². The first-order valence-electron chi connectivity index (χ1n) is 7.36. The molecule has 1 fully saturated rings. The fourth-order valence-corrected chi connectivity index (χ4v) is 2.16. The lowest BCUT2D eigenvalue weighted by Gasteiger charge is -2.00. The van der Waals surface area contributed by atoms with Crippen LogP contribution in [0.5, 0.6) is 0 Å². The number of rotatable bonds is 3. The van der Waals surface area contributed by atoms with E-state index < -0.39 is 0 Å². The van der Waals surface area contributed by atoms with E-state index in [1.54, 1.807) is 12.4 Å². The van der Waals surface area contributed by atoms with Crippen molar-refractivity contribution in [1.82, 2.24) is 15.3 Å². The van der Waals surface area contributed by atoms with Crippen molar-refractivity contribution < 1.29 is 1.43 Å². The molecule has 3 heteroatoms. The van der Waals surface area contributed by atoms with E-state index >= 15 is 0 Å². The van der Waals surface area contributed by atoms with Crippen LogP contribution < -0.4 is 5.32 Å². The lowest BCUT2D eigenvalue weighted by Crippen LogP contribution is -1.91. The Morgan fingerprint density at radius 3 is 2.11 bits per heavy atom. The van der Waals surface area contributed by atoms with Crippen LogP contribution in [-0.4, -0.2) is 24.1 Å². The number of hydrogen-bond acceptors (Lipinski definition) is 3. The SMILES string of the molecule is CCC[C@@H]1C[C@@H]1C(C)C.CNC.Cc1cncnc1.[HH]. The van der Waals surface area contributed by atoms with Crippen molar-refractivity contribution in [3.63, 3.8) is 0 Å². The van der Waals surface area contributed by atoms with Crippen molar-refractivity contribution in [2.24, 2.45) is 17.8 Å². The van der Waals surface area contributed by atoms with Crippen LogP contribution in [0.1, 0.15) is 47.0 Å². The number of aryl methyl sites for hydroxylation is 1.